The van der Waals surface area contributed by atoms with Gasteiger partial charge >= 0.3 is 0 Å². The first-order valence-electron chi connectivity index (χ1n) is 6.29. The van der Waals surface area contributed by atoms with Gasteiger partial charge < -0.3 is 9.42 Å². The van der Waals surface area contributed by atoms with Crippen LogP contribution in [0.25, 0.3) is 6.08 Å². The summed E-state index contributed by atoms with van der Waals surface area (Å²) in [6.07, 6.45) is 2.00. The highest BCUT2D eigenvalue weighted by molar-refractivity contribution is 8.03. The summed E-state index contributed by atoms with van der Waals surface area (Å²) in [6, 6.07) is 3.77. The molecule has 104 valence electrons. The summed E-state index contributed by atoms with van der Waals surface area (Å²) in [5, 5.41) is 6.84. The fraction of sp³-hybridized carbons (Fsp3) is 0.286. The zero-order valence-electron chi connectivity index (χ0n) is 11.3. The lowest BCUT2D eigenvalue weighted by Gasteiger charge is -2.15. The number of nitrogens with zero attached hydrogens (tertiary/aromatic N) is 2. The van der Waals surface area contributed by atoms with Crippen LogP contribution in [0.4, 0.5) is 0 Å². The molecule has 6 heteroatoms. The van der Waals surface area contributed by atoms with E-state index in [1.807, 2.05) is 42.3 Å². The predicted octanol–water partition coefficient (Wildman–Crippen LogP) is 3.54. The van der Waals surface area contributed by atoms with Crippen molar-refractivity contribution in [2.24, 2.45) is 0 Å². The second-order valence-electron chi connectivity index (χ2n) is 4.50. The highest BCUT2D eigenvalue weighted by Gasteiger charge is 2.26. The molecule has 0 aliphatic carbocycles. The Kier molecular flexibility index (Phi) is 3.67. The summed E-state index contributed by atoms with van der Waals surface area (Å²) in [7, 11) is 0. The molecule has 2 aromatic rings. The number of amides is 1. The molecular weight excluding hydrogens is 292 g/mol. The highest BCUT2D eigenvalue weighted by Crippen LogP contribution is 2.33. The molecular formula is C14H14N2O2S2. The van der Waals surface area contributed by atoms with Gasteiger partial charge in [0.2, 0.25) is 0 Å². The van der Waals surface area contributed by atoms with Crippen LogP contribution in [0.3, 0.4) is 0 Å². The van der Waals surface area contributed by atoms with Gasteiger partial charge in [-0.3, -0.25) is 4.79 Å². The number of thioether (sulfide) groups is 1. The standard InChI is InChI=1S/C14H14N2O2S2/c1-9-11(10(2)18-15-9)8-13-16(5-7-20-13)14(17)12-4-3-6-19-12/h3-4,6,8H,5,7H2,1-2H3/b13-8+. The Labute approximate surface area is 125 Å². The number of hydrogen-bond donors (Lipinski definition) is 0. The number of carbonyl (C=O) groups excluding carboxylic acids is 1. The normalized spacial score (nSPS) is 17.1. The van der Waals surface area contributed by atoms with Crippen molar-refractivity contribution >= 4 is 35.1 Å². The summed E-state index contributed by atoms with van der Waals surface area (Å²) in [6.45, 7) is 4.54. The Balaban J connectivity index is 1.91. The molecule has 0 spiro atoms. The second kappa shape index (κ2) is 5.46. The molecule has 0 aromatic carbocycles. The quantitative estimate of drug-likeness (QED) is 0.851. The van der Waals surface area contributed by atoms with E-state index in [2.05, 4.69) is 5.16 Å². The van der Waals surface area contributed by atoms with Crippen LogP contribution in [0.2, 0.25) is 0 Å². The van der Waals surface area contributed by atoms with Gasteiger partial charge in [0.05, 0.1) is 15.6 Å². The van der Waals surface area contributed by atoms with Crippen LogP contribution in [0.1, 0.15) is 26.7 Å². The van der Waals surface area contributed by atoms with Crippen LogP contribution in [0.15, 0.2) is 27.1 Å². The summed E-state index contributed by atoms with van der Waals surface area (Å²) in [4.78, 5) is 15.1. The number of carbonyl (C=O) groups is 1. The van der Waals surface area contributed by atoms with Crippen LogP contribution in [-0.4, -0.2) is 28.3 Å². The first-order valence-corrected chi connectivity index (χ1v) is 8.16. The summed E-state index contributed by atoms with van der Waals surface area (Å²) < 4.78 is 5.17. The minimum atomic E-state index is 0.0722. The molecule has 4 nitrogen and oxygen atoms in total. The molecule has 3 heterocycles. The van der Waals surface area contributed by atoms with Crippen molar-refractivity contribution in [1.82, 2.24) is 10.1 Å². The van der Waals surface area contributed by atoms with Gasteiger partial charge in [-0.1, -0.05) is 11.2 Å². The van der Waals surface area contributed by atoms with Crippen molar-refractivity contribution in [3.8, 4) is 0 Å². The van der Waals surface area contributed by atoms with Crippen molar-refractivity contribution in [3.05, 3.63) is 44.4 Å². The molecule has 0 unspecified atom stereocenters. The molecule has 3 rings (SSSR count). The Hall–Kier alpha value is -1.53. The Morgan fingerprint density at radius 1 is 1.50 bits per heavy atom. The van der Waals surface area contributed by atoms with E-state index in [9.17, 15) is 4.79 Å². The average molecular weight is 306 g/mol. The van der Waals surface area contributed by atoms with Gasteiger partial charge in [0.1, 0.15) is 5.76 Å². The van der Waals surface area contributed by atoms with Crippen LogP contribution < -0.4 is 0 Å². The van der Waals surface area contributed by atoms with E-state index in [0.29, 0.717) is 0 Å². The van der Waals surface area contributed by atoms with Gasteiger partial charge in [-0.25, -0.2) is 0 Å². The second-order valence-corrected chi connectivity index (χ2v) is 6.57. The van der Waals surface area contributed by atoms with Gasteiger partial charge in [0.15, 0.2) is 0 Å². The van der Waals surface area contributed by atoms with E-state index in [1.54, 1.807) is 11.8 Å². The maximum absolute atomic E-state index is 12.5. The largest absolute Gasteiger partial charge is 0.361 e. The van der Waals surface area contributed by atoms with E-state index in [-0.39, 0.29) is 5.91 Å². The molecule has 0 radical (unpaired) electrons. The first kappa shape index (κ1) is 13.5. The maximum atomic E-state index is 12.5. The zero-order valence-corrected chi connectivity index (χ0v) is 12.9. The van der Waals surface area contributed by atoms with Crippen molar-refractivity contribution in [2.75, 3.05) is 12.3 Å². The molecule has 0 bridgehead atoms. The smallest absolute Gasteiger partial charge is 0.268 e. The third kappa shape index (κ3) is 2.41. The van der Waals surface area contributed by atoms with E-state index in [0.717, 1.165) is 39.2 Å². The van der Waals surface area contributed by atoms with Gasteiger partial charge in [-0.15, -0.1) is 23.1 Å². The molecule has 1 fully saturated rings. The van der Waals surface area contributed by atoms with Crippen molar-refractivity contribution < 1.29 is 9.32 Å². The van der Waals surface area contributed by atoms with Gasteiger partial charge in [-0.2, -0.15) is 0 Å². The minimum absolute atomic E-state index is 0.0722. The third-order valence-electron chi connectivity index (χ3n) is 3.16. The SMILES string of the molecule is Cc1noc(C)c1/C=C1/SCCN1C(=O)c1cccs1. The number of hydrogen-bond acceptors (Lipinski definition) is 5. The van der Waals surface area contributed by atoms with Gasteiger partial charge in [0, 0.05) is 17.9 Å². The average Bonchev–Trinajstić information content (AvgIpc) is 3.15. The Morgan fingerprint density at radius 2 is 2.35 bits per heavy atom. The van der Waals surface area contributed by atoms with Crippen molar-refractivity contribution in [1.29, 1.82) is 0 Å². The maximum Gasteiger partial charge on any atom is 0.268 e. The van der Waals surface area contributed by atoms with Crippen LogP contribution in [0.5, 0.6) is 0 Å². The number of aryl methyl sites for hydroxylation is 2. The first-order chi connectivity index (χ1) is 9.66. The van der Waals surface area contributed by atoms with Gasteiger partial charge in [0.25, 0.3) is 5.91 Å². The lowest BCUT2D eigenvalue weighted by molar-refractivity contribution is 0.0835. The fourth-order valence-electron chi connectivity index (χ4n) is 2.10. The van der Waals surface area contributed by atoms with Gasteiger partial charge in [-0.05, 0) is 31.4 Å². The minimum Gasteiger partial charge on any atom is -0.361 e. The monoisotopic (exact) mass is 306 g/mol. The van der Waals surface area contributed by atoms with E-state index >= 15 is 0 Å². The molecule has 1 saturated heterocycles. The van der Waals surface area contributed by atoms with Crippen LogP contribution in [-0.2, 0) is 0 Å². The lowest BCUT2D eigenvalue weighted by Crippen LogP contribution is -2.25. The summed E-state index contributed by atoms with van der Waals surface area (Å²) in [5.74, 6) is 1.78. The van der Waals surface area contributed by atoms with E-state index < -0.39 is 0 Å². The molecule has 1 aliphatic heterocycles. The molecule has 20 heavy (non-hydrogen) atoms. The Morgan fingerprint density at radius 3 is 3.00 bits per heavy atom. The molecule has 0 atom stereocenters. The summed E-state index contributed by atoms with van der Waals surface area (Å²) >= 11 is 3.17. The predicted molar refractivity (Wildman–Crippen MR) is 81.8 cm³/mol. The number of thiophene rings is 1. The van der Waals surface area contributed by atoms with Crippen LogP contribution in [0, 0.1) is 13.8 Å². The molecule has 2 aromatic heterocycles. The van der Waals surface area contributed by atoms with Crippen molar-refractivity contribution in [2.45, 2.75) is 13.8 Å². The molecule has 0 saturated carbocycles. The number of rotatable bonds is 2. The summed E-state index contributed by atoms with van der Waals surface area (Å²) in [5.41, 5.74) is 1.82. The molecule has 1 aliphatic rings. The molecule has 1 amide bonds. The lowest BCUT2D eigenvalue weighted by atomic mass is 10.2. The van der Waals surface area contributed by atoms with E-state index in [4.69, 9.17) is 4.52 Å². The zero-order chi connectivity index (χ0) is 14.1. The van der Waals surface area contributed by atoms with Crippen molar-refractivity contribution in [3.63, 3.8) is 0 Å². The number of aromatic nitrogens is 1. The van der Waals surface area contributed by atoms with Crippen LogP contribution >= 0.6 is 23.1 Å². The van der Waals surface area contributed by atoms with E-state index in [1.165, 1.54) is 11.3 Å². The Bertz CT molecular complexity index is 639. The molecule has 0 N–H and O–H groups in total. The third-order valence-corrected chi connectivity index (χ3v) is 5.04. The topological polar surface area (TPSA) is 46.3 Å². The fourth-order valence-corrected chi connectivity index (χ4v) is 3.79. The highest BCUT2D eigenvalue weighted by atomic mass is 32.2.